The molecule has 2 aromatic carbocycles. The lowest BCUT2D eigenvalue weighted by molar-refractivity contribution is -0.159. The van der Waals surface area contributed by atoms with E-state index in [4.69, 9.17) is 15.2 Å². The van der Waals surface area contributed by atoms with E-state index >= 15 is 0 Å². The maximum absolute atomic E-state index is 14.6. The Kier molecular flexibility index (Phi) is 14.2. The van der Waals surface area contributed by atoms with Crippen molar-refractivity contribution in [1.29, 1.82) is 0 Å². The Morgan fingerprint density at radius 3 is 1.98 bits per heavy atom. The number of carbonyl (C=O) groups excluding carboxylic acids is 5. The highest BCUT2D eigenvalue weighted by Gasteiger charge is 2.40. The zero-order valence-corrected chi connectivity index (χ0v) is 30.1. The van der Waals surface area contributed by atoms with Gasteiger partial charge in [-0.15, -0.1) is 0 Å². The molecule has 0 heterocycles. The fourth-order valence-corrected chi connectivity index (χ4v) is 5.19. The standard InChI is InChI=1S/C37H54N4O7/c1-11-25(4)41(33(44)28(19-20-30(38)42)40-35(46)48-37(8,9)10)31(27-18-17-23(2)21-24(27)3)32(43)39-29(34(45)47-36(5,6)7)22-26-15-13-12-14-16-26/h12-18,21,25,28-29,31H,11,19-20,22H2,1-10H3,(H2,38,42)(H,39,43)(H,40,46). The van der Waals surface area contributed by atoms with E-state index in [1.165, 1.54) is 4.90 Å². The predicted molar refractivity (Wildman–Crippen MR) is 185 cm³/mol. The zero-order chi connectivity index (χ0) is 36.4. The summed E-state index contributed by atoms with van der Waals surface area (Å²) in [7, 11) is 0. The monoisotopic (exact) mass is 666 g/mol. The minimum Gasteiger partial charge on any atom is -0.458 e. The van der Waals surface area contributed by atoms with Crippen molar-refractivity contribution < 1.29 is 33.4 Å². The zero-order valence-electron chi connectivity index (χ0n) is 30.1. The number of ether oxygens (including phenoxy) is 2. The summed E-state index contributed by atoms with van der Waals surface area (Å²) in [5.41, 5.74) is 6.83. The third kappa shape index (κ3) is 12.7. The quantitative estimate of drug-likeness (QED) is 0.234. The molecule has 0 aliphatic rings. The second-order valence-corrected chi connectivity index (χ2v) is 14.3. The van der Waals surface area contributed by atoms with Crippen LogP contribution in [-0.2, 0) is 35.1 Å². The molecule has 4 N–H and O–H groups in total. The summed E-state index contributed by atoms with van der Waals surface area (Å²) in [5.74, 6) is -2.48. The summed E-state index contributed by atoms with van der Waals surface area (Å²) in [6, 6.07) is 10.7. The molecule has 2 aromatic rings. The average molecular weight is 667 g/mol. The summed E-state index contributed by atoms with van der Waals surface area (Å²) in [6.45, 7) is 17.8. The summed E-state index contributed by atoms with van der Waals surface area (Å²) in [5, 5.41) is 5.52. The Labute approximate surface area is 285 Å². The van der Waals surface area contributed by atoms with Crippen LogP contribution in [0.2, 0.25) is 0 Å². The van der Waals surface area contributed by atoms with Crippen molar-refractivity contribution >= 4 is 29.8 Å². The van der Waals surface area contributed by atoms with Crippen molar-refractivity contribution in [3.63, 3.8) is 0 Å². The number of hydrogen-bond acceptors (Lipinski definition) is 7. The van der Waals surface area contributed by atoms with Crippen LogP contribution >= 0.6 is 0 Å². The molecule has 4 unspecified atom stereocenters. The molecule has 4 amide bonds. The van der Waals surface area contributed by atoms with Crippen LogP contribution in [0.1, 0.15) is 103 Å². The number of benzene rings is 2. The van der Waals surface area contributed by atoms with Gasteiger partial charge < -0.3 is 30.7 Å². The molecule has 0 aromatic heterocycles. The number of rotatable bonds is 14. The van der Waals surface area contributed by atoms with E-state index in [0.29, 0.717) is 12.0 Å². The normalized spacial score (nSPS) is 14.1. The van der Waals surface area contributed by atoms with Gasteiger partial charge in [0.1, 0.15) is 29.3 Å². The van der Waals surface area contributed by atoms with Gasteiger partial charge in [-0.1, -0.05) is 61.0 Å². The molecule has 11 nitrogen and oxygen atoms in total. The van der Waals surface area contributed by atoms with Crippen LogP contribution in [0.5, 0.6) is 0 Å². The molecule has 0 spiro atoms. The molecule has 48 heavy (non-hydrogen) atoms. The maximum Gasteiger partial charge on any atom is 0.408 e. The first-order chi connectivity index (χ1) is 22.2. The Morgan fingerprint density at radius 1 is 0.854 bits per heavy atom. The highest BCUT2D eigenvalue weighted by Crippen LogP contribution is 2.30. The third-order valence-corrected chi connectivity index (χ3v) is 7.53. The lowest BCUT2D eigenvalue weighted by Crippen LogP contribution is -2.57. The number of amides is 4. The van der Waals surface area contributed by atoms with E-state index in [-0.39, 0.29) is 19.3 Å². The number of nitrogens with two attached hydrogens (primary N) is 1. The summed E-state index contributed by atoms with van der Waals surface area (Å²) in [6.07, 6.45) is -0.557. The predicted octanol–water partition coefficient (Wildman–Crippen LogP) is 5.20. The number of esters is 1. The van der Waals surface area contributed by atoms with E-state index in [9.17, 15) is 24.0 Å². The lowest BCUT2D eigenvalue weighted by atomic mass is 9.94. The first-order valence-corrected chi connectivity index (χ1v) is 16.5. The van der Waals surface area contributed by atoms with Crippen molar-refractivity contribution in [1.82, 2.24) is 15.5 Å². The van der Waals surface area contributed by atoms with Crippen molar-refractivity contribution in [3.8, 4) is 0 Å². The number of alkyl carbamates (subject to hydrolysis) is 1. The van der Waals surface area contributed by atoms with Gasteiger partial charge in [0.2, 0.25) is 17.7 Å². The van der Waals surface area contributed by atoms with E-state index in [1.807, 2.05) is 63.2 Å². The number of aryl methyl sites for hydroxylation is 2. The van der Waals surface area contributed by atoms with E-state index in [2.05, 4.69) is 10.6 Å². The van der Waals surface area contributed by atoms with Gasteiger partial charge in [0.05, 0.1) is 0 Å². The van der Waals surface area contributed by atoms with Gasteiger partial charge in [-0.05, 0) is 91.8 Å². The smallest absolute Gasteiger partial charge is 0.408 e. The third-order valence-electron chi connectivity index (χ3n) is 7.53. The van der Waals surface area contributed by atoms with Crippen LogP contribution in [0.25, 0.3) is 0 Å². The fourth-order valence-electron chi connectivity index (χ4n) is 5.19. The molecular formula is C37H54N4O7. The van der Waals surface area contributed by atoms with Gasteiger partial charge in [0.15, 0.2) is 0 Å². The molecule has 4 atom stereocenters. The lowest BCUT2D eigenvalue weighted by Gasteiger charge is -2.39. The van der Waals surface area contributed by atoms with Crippen LogP contribution in [0.4, 0.5) is 4.79 Å². The van der Waals surface area contributed by atoms with Crippen molar-refractivity contribution in [3.05, 3.63) is 70.8 Å². The maximum atomic E-state index is 14.6. The first-order valence-electron chi connectivity index (χ1n) is 16.5. The molecule has 2 rings (SSSR count). The number of nitrogens with one attached hydrogen (secondary N) is 2. The highest BCUT2D eigenvalue weighted by molar-refractivity contribution is 5.94. The second kappa shape index (κ2) is 17.1. The number of primary amides is 1. The molecule has 0 aliphatic heterocycles. The summed E-state index contributed by atoms with van der Waals surface area (Å²) in [4.78, 5) is 68.9. The van der Waals surface area contributed by atoms with Gasteiger partial charge in [-0.25, -0.2) is 9.59 Å². The van der Waals surface area contributed by atoms with E-state index in [1.54, 1.807) is 54.5 Å². The summed E-state index contributed by atoms with van der Waals surface area (Å²) >= 11 is 0. The van der Waals surface area contributed by atoms with Crippen LogP contribution in [0, 0.1) is 13.8 Å². The number of hydrogen-bond donors (Lipinski definition) is 3. The van der Waals surface area contributed by atoms with Gasteiger partial charge in [0, 0.05) is 18.9 Å². The van der Waals surface area contributed by atoms with E-state index < -0.39 is 65.2 Å². The largest absolute Gasteiger partial charge is 0.458 e. The minimum absolute atomic E-state index is 0.115. The minimum atomic E-state index is -1.24. The SMILES string of the molecule is CCC(C)N(C(=O)C(CCC(N)=O)NC(=O)OC(C)(C)C)C(C(=O)NC(Cc1ccccc1)C(=O)OC(C)(C)C)c1ccc(C)cc1C. The fraction of sp³-hybridized carbons (Fsp3) is 0.541. The molecule has 0 radical (unpaired) electrons. The Bertz CT molecular complexity index is 1430. The van der Waals surface area contributed by atoms with Crippen molar-refractivity contribution in [2.75, 3.05) is 0 Å². The van der Waals surface area contributed by atoms with Gasteiger partial charge in [-0.3, -0.25) is 14.4 Å². The first kappa shape index (κ1) is 39.8. The molecule has 11 heteroatoms. The van der Waals surface area contributed by atoms with Crippen molar-refractivity contribution in [2.24, 2.45) is 5.73 Å². The Balaban J connectivity index is 2.70. The highest BCUT2D eigenvalue weighted by atomic mass is 16.6. The number of carbonyl (C=O) groups is 5. The Hall–Kier alpha value is -4.41. The average Bonchev–Trinajstić information content (AvgIpc) is 2.96. The molecule has 0 saturated carbocycles. The van der Waals surface area contributed by atoms with Crippen LogP contribution < -0.4 is 16.4 Å². The molecule has 0 aliphatic carbocycles. The van der Waals surface area contributed by atoms with Gasteiger partial charge in [-0.2, -0.15) is 0 Å². The molecular weight excluding hydrogens is 612 g/mol. The second-order valence-electron chi connectivity index (χ2n) is 14.3. The van der Waals surface area contributed by atoms with Crippen LogP contribution in [-0.4, -0.2) is 64.0 Å². The van der Waals surface area contributed by atoms with E-state index in [0.717, 1.165) is 16.7 Å². The summed E-state index contributed by atoms with van der Waals surface area (Å²) < 4.78 is 11.1. The van der Waals surface area contributed by atoms with Crippen LogP contribution in [0.15, 0.2) is 48.5 Å². The van der Waals surface area contributed by atoms with Crippen molar-refractivity contribution in [2.45, 2.75) is 130 Å². The molecule has 0 fully saturated rings. The topological polar surface area (TPSA) is 157 Å². The number of nitrogens with zero attached hydrogens (tertiary/aromatic N) is 1. The van der Waals surface area contributed by atoms with Gasteiger partial charge >= 0.3 is 12.1 Å². The van der Waals surface area contributed by atoms with Gasteiger partial charge in [0.25, 0.3) is 0 Å². The van der Waals surface area contributed by atoms with Crippen LogP contribution in [0.3, 0.4) is 0 Å². The molecule has 0 saturated heterocycles. The molecule has 264 valence electrons. The molecule has 0 bridgehead atoms. The Morgan fingerprint density at radius 2 is 1.46 bits per heavy atom.